The van der Waals surface area contributed by atoms with Gasteiger partial charge in [-0.05, 0) is 32.2 Å². The number of piperidine rings is 1. The molecule has 0 aromatic carbocycles. The molecule has 1 nitrogen and oxygen atoms in total. The lowest BCUT2D eigenvalue weighted by Gasteiger charge is -2.26. The molecule has 0 amide bonds. The van der Waals surface area contributed by atoms with E-state index in [2.05, 4.69) is 27.9 Å². The zero-order chi connectivity index (χ0) is 6.32. The molecular weight excluding hydrogens is 225 g/mol. The Bertz CT molecular complexity index is 120. The van der Waals surface area contributed by atoms with Crippen molar-refractivity contribution < 1.29 is 0 Å². The monoisotopic (exact) mass is 237 g/mol. The fourth-order valence-electron chi connectivity index (χ4n) is 1.62. The predicted octanol–water partition coefficient (Wildman–Crippen LogP) is 1.71. The lowest BCUT2D eigenvalue weighted by atomic mass is 10.0. The Balaban J connectivity index is 1.96. The summed E-state index contributed by atoms with van der Waals surface area (Å²) in [5.74, 6) is 0. The Kier molecular flexibility index (Phi) is 1.49. The third-order valence-electron chi connectivity index (χ3n) is 2.42. The van der Waals surface area contributed by atoms with Gasteiger partial charge in [-0.3, -0.25) is 0 Å². The normalized spacial score (nSPS) is 39.0. The zero-order valence-electron chi connectivity index (χ0n) is 5.49. The molecule has 1 atom stereocenters. The highest BCUT2D eigenvalue weighted by Gasteiger charge is 2.45. The first-order valence-corrected chi connectivity index (χ1v) is 4.94. The van der Waals surface area contributed by atoms with Crippen molar-refractivity contribution in [3.05, 3.63) is 0 Å². The number of alkyl halides is 1. The second-order valence-corrected chi connectivity index (χ2v) is 5.06. The zero-order valence-corrected chi connectivity index (χ0v) is 7.65. The van der Waals surface area contributed by atoms with E-state index in [0.29, 0.717) is 5.54 Å². The molecule has 52 valence electrons. The van der Waals surface area contributed by atoms with Gasteiger partial charge in [0.1, 0.15) is 0 Å². The Morgan fingerprint density at radius 3 is 2.67 bits per heavy atom. The maximum absolute atomic E-state index is 3.60. The van der Waals surface area contributed by atoms with Gasteiger partial charge in [0.25, 0.3) is 0 Å². The molecule has 1 heterocycles. The van der Waals surface area contributed by atoms with Crippen molar-refractivity contribution in [3.8, 4) is 0 Å². The van der Waals surface area contributed by atoms with Gasteiger partial charge in [0.2, 0.25) is 0 Å². The lowest BCUT2D eigenvalue weighted by molar-refractivity contribution is 0.401. The maximum Gasteiger partial charge on any atom is 0.0192 e. The highest BCUT2D eigenvalue weighted by molar-refractivity contribution is 14.1. The standard InChI is InChI=1S/C7H12IN/c8-6-1-4-9-7(5-6)2-3-7/h6,9H,1-5H2. The Labute approximate surface area is 69.7 Å². The van der Waals surface area contributed by atoms with Gasteiger partial charge in [-0.1, -0.05) is 22.6 Å². The van der Waals surface area contributed by atoms with Crippen LogP contribution in [0, 0.1) is 0 Å². The summed E-state index contributed by atoms with van der Waals surface area (Å²) in [5.41, 5.74) is 0.643. The second kappa shape index (κ2) is 2.09. The molecule has 0 bridgehead atoms. The van der Waals surface area contributed by atoms with Crippen LogP contribution in [0.3, 0.4) is 0 Å². The van der Waals surface area contributed by atoms with Crippen LogP contribution < -0.4 is 5.32 Å². The summed E-state index contributed by atoms with van der Waals surface area (Å²) in [6, 6.07) is 0. The van der Waals surface area contributed by atoms with Crippen LogP contribution in [0.4, 0.5) is 0 Å². The summed E-state index contributed by atoms with van der Waals surface area (Å²) in [6.07, 6.45) is 5.68. The summed E-state index contributed by atoms with van der Waals surface area (Å²) in [6.45, 7) is 1.26. The van der Waals surface area contributed by atoms with E-state index in [1.165, 1.54) is 32.2 Å². The molecule has 0 aromatic rings. The quantitative estimate of drug-likeness (QED) is 0.499. The van der Waals surface area contributed by atoms with Gasteiger partial charge in [0.05, 0.1) is 0 Å². The van der Waals surface area contributed by atoms with Crippen molar-refractivity contribution in [2.75, 3.05) is 6.54 Å². The molecule has 0 aromatic heterocycles. The van der Waals surface area contributed by atoms with Gasteiger partial charge < -0.3 is 5.32 Å². The molecule has 2 heteroatoms. The maximum atomic E-state index is 3.60. The SMILES string of the molecule is IC1CCNC2(CC2)C1. The topological polar surface area (TPSA) is 12.0 Å². The Morgan fingerprint density at radius 2 is 2.22 bits per heavy atom. The lowest BCUT2D eigenvalue weighted by Crippen LogP contribution is -2.40. The average molecular weight is 237 g/mol. The van der Waals surface area contributed by atoms with Crippen LogP contribution in [0.1, 0.15) is 25.7 Å². The van der Waals surface area contributed by atoms with Crippen molar-refractivity contribution in [3.63, 3.8) is 0 Å². The molecule has 1 N–H and O–H groups in total. The predicted molar refractivity (Wildman–Crippen MR) is 47.0 cm³/mol. The third-order valence-corrected chi connectivity index (χ3v) is 3.49. The minimum absolute atomic E-state index is 0.643. The van der Waals surface area contributed by atoms with Gasteiger partial charge in [-0.2, -0.15) is 0 Å². The molecule has 1 aliphatic carbocycles. The van der Waals surface area contributed by atoms with E-state index in [4.69, 9.17) is 0 Å². The third kappa shape index (κ3) is 1.24. The smallest absolute Gasteiger partial charge is 0.0192 e. The Hall–Kier alpha value is 0.690. The van der Waals surface area contributed by atoms with Crippen LogP contribution in [0.25, 0.3) is 0 Å². The van der Waals surface area contributed by atoms with E-state index in [-0.39, 0.29) is 0 Å². The van der Waals surface area contributed by atoms with Gasteiger partial charge in [-0.25, -0.2) is 0 Å². The molecule has 1 saturated heterocycles. The van der Waals surface area contributed by atoms with E-state index in [1.54, 1.807) is 0 Å². The summed E-state index contributed by atoms with van der Waals surface area (Å²) in [4.78, 5) is 0. The van der Waals surface area contributed by atoms with Crippen LogP contribution in [0.15, 0.2) is 0 Å². The molecule has 1 unspecified atom stereocenters. The minimum Gasteiger partial charge on any atom is -0.311 e. The van der Waals surface area contributed by atoms with Crippen LogP contribution in [-0.4, -0.2) is 16.0 Å². The van der Waals surface area contributed by atoms with E-state index in [0.717, 1.165) is 3.92 Å². The van der Waals surface area contributed by atoms with Gasteiger partial charge in [0.15, 0.2) is 0 Å². The molecule has 1 aliphatic heterocycles. The molecule has 1 spiro atoms. The fraction of sp³-hybridized carbons (Fsp3) is 1.00. The Morgan fingerprint density at radius 1 is 1.44 bits per heavy atom. The first-order chi connectivity index (χ1) is 4.31. The van der Waals surface area contributed by atoms with Gasteiger partial charge in [-0.15, -0.1) is 0 Å². The number of nitrogens with one attached hydrogen (secondary N) is 1. The molecule has 0 radical (unpaired) electrons. The number of hydrogen-bond acceptors (Lipinski definition) is 1. The van der Waals surface area contributed by atoms with E-state index in [1.807, 2.05) is 0 Å². The molecule has 2 aliphatic rings. The molecule has 1 saturated carbocycles. The number of rotatable bonds is 0. The van der Waals surface area contributed by atoms with Crippen molar-refractivity contribution in [1.82, 2.24) is 5.32 Å². The van der Waals surface area contributed by atoms with E-state index >= 15 is 0 Å². The summed E-state index contributed by atoms with van der Waals surface area (Å²) in [7, 11) is 0. The molecule has 2 rings (SSSR count). The van der Waals surface area contributed by atoms with Crippen LogP contribution >= 0.6 is 22.6 Å². The molecular formula is C7H12IN. The number of hydrogen-bond donors (Lipinski definition) is 1. The van der Waals surface area contributed by atoms with E-state index in [9.17, 15) is 0 Å². The summed E-state index contributed by atoms with van der Waals surface area (Å²) in [5, 5.41) is 3.60. The largest absolute Gasteiger partial charge is 0.311 e. The average Bonchev–Trinajstić information content (AvgIpc) is 2.49. The van der Waals surface area contributed by atoms with E-state index < -0.39 is 0 Å². The first-order valence-electron chi connectivity index (χ1n) is 3.70. The molecule has 9 heavy (non-hydrogen) atoms. The highest BCUT2D eigenvalue weighted by atomic mass is 127. The number of halogens is 1. The molecule has 2 fully saturated rings. The fourth-order valence-corrected chi connectivity index (χ4v) is 2.78. The van der Waals surface area contributed by atoms with Gasteiger partial charge >= 0.3 is 0 Å². The van der Waals surface area contributed by atoms with Crippen molar-refractivity contribution in [2.45, 2.75) is 35.1 Å². The van der Waals surface area contributed by atoms with Crippen LogP contribution in [0.5, 0.6) is 0 Å². The second-order valence-electron chi connectivity index (χ2n) is 3.30. The van der Waals surface area contributed by atoms with Crippen LogP contribution in [0.2, 0.25) is 0 Å². The van der Waals surface area contributed by atoms with Crippen LogP contribution in [-0.2, 0) is 0 Å². The minimum atomic E-state index is 0.643. The highest BCUT2D eigenvalue weighted by Crippen LogP contribution is 2.43. The van der Waals surface area contributed by atoms with Crippen molar-refractivity contribution in [2.24, 2.45) is 0 Å². The van der Waals surface area contributed by atoms with Gasteiger partial charge in [0, 0.05) is 9.46 Å². The first kappa shape index (κ1) is 6.40. The van der Waals surface area contributed by atoms with Crippen molar-refractivity contribution >= 4 is 22.6 Å². The summed E-state index contributed by atoms with van der Waals surface area (Å²) < 4.78 is 0.950. The summed E-state index contributed by atoms with van der Waals surface area (Å²) >= 11 is 2.58. The van der Waals surface area contributed by atoms with Crippen molar-refractivity contribution in [1.29, 1.82) is 0 Å².